The van der Waals surface area contributed by atoms with E-state index >= 15 is 0 Å². The largest absolute Gasteiger partial charge is 0.397 e. The summed E-state index contributed by atoms with van der Waals surface area (Å²) in [5, 5.41) is 2.92. The van der Waals surface area contributed by atoms with E-state index in [9.17, 15) is 13.2 Å². The van der Waals surface area contributed by atoms with Gasteiger partial charge in [0.2, 0.25) is 5.91 Å². The molecule has 116 valence electrons. The van der Waals surface area contributed by atoms with Gasteiger partial charge in [0, 0.05) is 32.3 Å². The molecule has 0 unspecified atom stereocenters. The van der Waals surface area contributed by atoms with E-state index < -0.39 is 9.84 Å². The van der Waals surface area contributed by atoms with Gasteiger partial charge in [0.1, 0.15) is 0 Å². The SMILES string of the molecule is CC(=O)NC1CCN(c2ccc(S(C)(=O)=O)cc2N)CC1. The fourth-order valence-electron chi connectivity index (χ4n) is 2.60. The molecule has 7 heteroatoms. The second-order valence-electron chi connectivity index (χ2n) is 5.45. The number of carbonyl (C=O) groups is 1. The lowest BCUT2D eigenvalue weighted by molar-refractivity contribution is -0.119. The van der Waals surface area contributed by atoms with Gasteiger partial charge in [-0.2, -0.15) is 0 Å². The molecule has 1 heterocycles. The lowest BCUT2D eigenvalue weighted by Gasteiger charge is -2.34. The zero-order valence-electron chi connectivity index (χ0n) is 12.3. The third-order valence-electron chi connectivity index (χ3n) is 3.67. The molecular formula is C14H21N3O3S. The first-order chi connectivity index (χ1) is 9.77. The molecule has 1 aliphatic heterocycles. The summed E-state index contributed by atoms with van der Waals surface area (Å²) in [4.78, 5) is 13.4. The number of nitrogen functional groups attached to an aromatic ring is 1. The first-order valence-corrected chi connectivity index (χ1v) is 8.78. The van der Waals surface area contributed by atoms with Crippen molar-refractivity contribution in [1.82, 2.24) is 5.32 Å². The number of nitrogens with one attached hydrogen (secondary N) is 1. The molecule has 1 aliphatic rings. The number of piperidine rings is 1. The summed E-state index contributed by atoms with van der Waals surface area (Å²) in [6, 6.07) is 5.05. The van der Waals surface area contributed by atoms with Crippen LogP contribution in [0.5, 0.6) is 0 Å². The molecule has 6 nitrogen and oxygen atoms in total. The summed E-state index contributed by atoms with van der Waals surface area (Å²) in [6.07, 6.45) is 2.88. The molecule has 0 spiro atoms. The van der Waals surface area contributed by atoms with Gasteiger partial charge < -0.3 is 16.0 Å². The van der Waals surface area contributed by atoms with Crippen molar-refractivity contribution in [1.29, 1.82) is 0 Å². The monoisotopic (exact) mass is 311 g/mol. The van der Waals surface area contributed by atoms with Gasteiger partial charge in [-0.25, -0.2) is 8.42 Å². The van der Waals surface area contributed by atoms with Crippen LogP contribution in [-0.4, -0.2) is 39.7 Å². The van der Waals surface area contributed by atoms with Crippen molar-refractivity contribution < 1.29 is 13.2 Å². The summed E-state index contributed by atoms with van der Waals surface area (Å²) in [5.41, 5.74) is 7.31. The zero-order chi connectivity index (χ0) is 15.6. The molecule has 0 aliphatic carbocycles. The van der Waals surface area contributed by atoms with Crippen LogP contribution in [0.3, 0.4) is 0 Å². The van der Waals surface area contributed by atoms with Gasteiger partial charge in [-0.3, -0.25) is 4.79 Å². The topological polar surface area (TPSA) is 92.5 Å². The van der Waals surface area contributed by atoms with Crippen LogP contribution in [0.2, 0.25) is 0 Å². The van der Waals surface area contributed by atoms with Crippen LogP contribution < -0.4 is 16.0 Å². The molecule has 2 rings (SSSR count). The van der Waals surface area contributed by atoms with E-state index in [1.165, 1.54) is 19.2 Å². The number of amides is 1. The van der Waals surface area contributed by atoms with Crippen LogP contribution >= 0.6 is 0 Å². The molecule has 21 heavy (non-hydrogen) atoms. The minimum atomic E-state index is -3.24. The average molecular weight is 311 g/mol. The Morgan fingerprint density at radius 3 is 2.43 bits per heavy atom. The Labute approximate surface area is 125 Å². The van der Waals surface area contributed by atoms with E-state index in [4.69, 9.17) is 5.73 Å². The Morgan fingerprint density at radius 2 is 1.95 bits per heavy atom. The maximum atomic E-state index is 11.5. The van der Waals surface area contributed by atoms with Crippen molar-refractivity contribution in [2.75, 3.05) is 30.0 Å². The minimum absolute atomic E-state index is 0.00882. The van der Waals surface area contributed by atoms with Crippen LogP contribution in [0.1, 0.15) is 19.8 Å². The van der Waals surface area contributed by atoms with Gasteiger partial charge in [0.05, 0.1) is 16.3 Å². The lowest BCUT2D eigenvalue weighted by atomic mass is 10.0. The van der Waals surface area contributed by atoms with E-state index in [2.05, 4.69) is 10.2 Å². The van der Waals surface area contributed by atoms with Gasteiger partial charge in [0.15, 0.2) is 9.84 Å². The smallest absolute Gasteiger partial charge is 0.217 e. The Kier molecular flexibility index (Phi) is 4.41. The summed E-state index contributed by atoms with van der Waals surface area (Å²) in [6.45, 7) is 3.09. The van der Waals surface area contributed by atoms with Gasteiger partial charge in [-0.1, -0.05) is 0 Å². The third-order valence-corrected chi connectivity index (χ3v) is 4.78. The van der Waals surface area contributed by atoms with Gasteiger partial charge in [-0.15, -0.1) is 0 Å². The maximum absolute atomic E-state index is 11.5. The molecule has 0 bridgehead atoms. The quantitative estimate of drug-likeness (QED) is 0.805. The molecule has 1 fully saturated rings. The summed E-state index contributed by atoms with van der Waals surface area (Å²) >= 11 is 0. The van der Waals surface area contributed by atoms with Crippen molar-refractivity contribution in [3.63, 3.8) is 0 Å². The zero-order valence-corrected chi connectivity index (χ0v) is 13.1. The van der Waals surface area contributed by atoms with Crippen molar-refractivity contribution >= 4 is 27.1 Å². The van der Waals surface area contributed by atoms with Crippen LogP contribution in [0.25, 0.3) is 0 Å². The predicted octanol–water partition coefficient (Wildman–Crippen LogP) is 0.777. The number of sulfone groups is 1. The van der Waals surface area contributed by atoms with Crippen LogP contribution in [0.4, 0.5) is 11.4 Å². The van der Waals surface area contributed by atoms with E-state index in [0.29, 0.717) is 5.69 Å². The average Bonchev–Trinajstić information content (AvgIpc) is 2.38. The fraction of sp³-hybridized carbons (Fsp3) is 0.500. The Bertz CT molecular complexity index is 635. The van der Waals surface area contributed by atoms with Gasteiger partial charge in [-0.05, 0) is 31.0 Å². The minimum Gasteiger partial charge on any atom is -0.397 e. The number of benzene rings is 1. The lowest BCUT2D eigenvalue weighted by Crippen LogP contribution is -2.44. The van der Waals surface area contributed by atoms with Crippen LogP contribution in [0, 0.1) is 0 Å². The molecule has 0 radical (unpaired) electrons. The number of anilines is 2. The highest BCUT2D eigenvalue weighted by Crippen LogP contribution is 2.28. The first kappa shape index (κ1) is 15.6. The van der Waals surface area contributed by atoms with Crippen molar-refractivity contribution in [2.24, 2.45) is 0 Å². The second kappa shape index (κ2) is 5.93. The second-order valence-corrected chi connectivity index (χ2v) is 7.47. The number of rotatable bonds is 3. The number of carbonyl (C=O) groups excluding carboxylic acids is 1. The van der Waals surface area contributed by atoms with Crippen LogP contribution in [-0.2, 0) is 14.6 Å². The molecule has 0 saturated carbocycles. The summed E-state index contributed by atoms with van der Waals surface area (Å²) in [7, 11) is -3.24. The predicted molar refractivity (Wildman–Crippen MR) is 83.0 cm³/mol. The number of hydrogen-bond acceptors (Lipinski definition) is 5. The maximum Gasteiger partial charge on any atom is 0.217 e. The molecule has 3 N–H and O–H groups in total. The standard InChI is InChI=1S/C14H21N3O3S/c1-10(18)16-11-5-7-17(8-6-11)14-4-3-12(9-13(14)15)21(2,19)20/h3-4,9,11H,5-8,15H2,1-2H3,(H,16,18). The Morgan fingerprint density at radius 1 is 1.33 bits per heavy atom. The number of nitrogens with two attached hydrogens (primary N) is 1. The molecule has 1 aromatic carbocycles. The van der Waals surface area contributed by atoms with E-state index in [-0.39, 0.29) is 16.8 Å². The van der Waals surface area contributed by atoms with Crippen molar-refractivity contribution in [3.05, 3.63) is 18.2 Å². The number of nitrogens with zero attached hydrogens (tertiary/aromatic N) is 1. The van der Waals surface area contributed by atoms with Crippen molar-refractivity contribution in [2.45, 2.75) is 30.7 Å². The Hall–Kier alpha value is -1.76. The van der Waals surface area contributed by atoms with E-state index in [0.717, 1.165) is 31.6 Å². The normalized spacial score (nSPS) is 16.8. The van der Waals surface area contributed by atoms with Crippen molar-refractivity contribution in [3.8, 4) is 0 Å². The van der Waals surface area contributed by atoms with E-state index in [1.54, 1.807) is 12.1 Å². The molecule has 0 atom stereocenters. The van der Waals surface area contributed by atoms with Gasteiger partial charge >= 0.3 is 0 Å². The fourth-order valence-corrected chi connectivity index (χ4v) is 3.26. The van der Waals surface area contributed by atoms with Crippen LogP contribution in [0.15, 0.2) is 23.1 Å². The molecule has 1 saturated heterocycles. The summed E-state index contributed by atoms with van der Waals surface area (Å²) in [5.74, 6) is -0.00882. The number of hydrogen-bond donors (Lipinski definition) is 2. The first-order valence-electron chi connectivity index (χ1n) is 6.89. The molecular weight excluding hydrogens is 290 g/mol. The Balaban J connectivity index is 2.09. The highest BCUT2D eigenvalue weighted by molar-refractivity contribution is 7.90. The molecule has 0 aromatic heterocycles. The molecule has 1 amide bonds. The summed E-state index contributed by atoms with van der Waals surface area (Å²) < 4.78 is 23.0. The van der Waals surface area contributed by atoms with Gasteiger partial charge in [0.25, 0.3) is 0 Å². The highest BCUT2D eigenvalue weighted by Gasteiger charge is 2.21. The van der Waals surface area contributed by atoms with E-state index in [1.807, 2.05) is 0 Å². The third kappa shape index (κ3) is 3.87. The highest BCUT2D eigenvalue weighted by atomic mass is 32.2. The molecule has 1 aromatic rings.